The van der Waals surface area contributed by atoms with E-state index >= 15 is 0 Å². The van der Waals surface area contributed by atoms with E-state index < -0.39 is 0 Å². The van der Waals surface area contributed by atoms with Gasteiger partial charge in [0.15, 0.2) is 0 Å². The molecule has 21 heavy (non-hydrogen) atoms. The summed E-state index contributed by atoms with van der Waals surface area (Å²) in [7, 11) is 0. The molecule has 0 atom stereocenters. The van der Waals surface area contributed by atoms with Crippen LogP contribution < -0.4 is 0 Å². The zero-order chi connectivity index (χ0) is 14.2. The largest absolute Gasteiger partial charge is 0.392 e. The van der Waals surface area contributed by atoms with Crippen LogP contribution >= 0.6 is 11.3 Å². The highest BCUT2D eigenvalue weighted by Gasteiger charge is 2.07. The molecule has 0 aliphatic heterocycles. The molecule has 0 saturated heterocycles. The number of aromatic nitrogens is 2. The molecule has 3 nitrogen and oxygen atoms in total. The number of fused-ring (bicyclic) bond motifs is 2. The Bertz CT molecular complexity index is 890. The Morgan fingerprint density at radius 3 is 2.86 bits per heavy atom. The molecule has 0 spiro atoms. The van der Waals surface area contributed by atoms with E-state index in [1.165, 1.54) is 10.2 Å². The third kappa shape index (κ3) is 2.22. The summed E-state index contributed by atoms with van der Waals surface area (Å²) in [6.07, 6.45) is 2.08. The maximum absolute atomic E-state index is 9.20. The minimum Gasteiger partial charge on any atom is -0.392 e. The lowest BCUT2D eigenvalue weighted by Crippen LogP contribution is -1.97. The summed E-state index contributed by atoms with van der Waals surface area (Å²) >= 11 is 1.74. The molecule has 0 aliphatic rings. The monoisotopic (exact) mass is 294 g/mol. The zero-order valence-electron chi connectivity index (χ0n) is 11.4. The first kappa shape index (κ1) is 12.6. The van der Waals surface area contributed by atoms with Gasteiger partial charge in [-0.05, 0) is 41.3 Å². The van der Waals surface area contributed by atoms with Crippen LogP contribution in [-0.4, -0.2) is 14.7 Å². The molecule has 0 amide bonds. The molecule has 0 saturated carbocycles. The summed E-state index contributed by atoms with van der Waals surface area (Å²) in [6, 6.07) is 16.4. The van der Waals surface area contributed by atoms with Crippen LogP contribution in [0.4, 0.5) is 0 Å². The van der Waals surface area contributed by atoms with Crippen LogP contribution in [-0.2, 0) is 13.2 Å². The molecule has 0 fully saturated rings. The van der Waals surface area contributed by atoms with Crippen molar-refractivity contribution in [1.82, 2.24) is 9.55 Å². The molecule has 2 aromatic heterocycles. The Balaban J connectivity index is 1.73. The molecule has 0 bridgehead atoms. The molecule has 4 rings (SSSR count). The van der Waals surface area contributed by atoms with Crippen LogP contribution in [0.3, 0.4) is 0 Å². The number of hydrogen-bond donors (Lipinski definition) is 1. The number of benzene rings is 2. The van der Waals surface area contributed by atoms with Gasteiger partial charge in [-0.1, -0.05) is 18.2 Å². The van der Waals surface area contributed by atoms with Crippen molar-refractivity contribution in [3.05, 3.63) is 65.3 Å². The molecule has 1 N–H and O–H groups in total. The van der Waals surface area contributed by atoms with Crippen LogP contribution in [0.25, 0.3) is 21.1 Å². The van der Waals surface area contributed by atoms with E-state index in [0.29, 0.717) is 0 Å². The summed E-state index contributed by atoms with van der Waals surface area (Å²) in [5.74, 6) is 0. The van der Waals surface area contributed by atoms with Crippen LogP contribution in [0.2, 0.25) is 0 Å². The number of aliphatic hydroxyl groups is 1. The van der Waals surface area contributed by atoms with Gasteiger partial charge in [0.25, 0.3) is 0 Å². The molecule has 0 radical (unpaired) electrons. The van der Waals surface area contributed by atoms with Crippen LogP contribution in [0.1, 0.15) is 10.6 Å². The number of rotatable bonds is 3. The van der Waals surface area contributed by atoms with Crippen LogP contribution in [0.15, 0.2) is 54.7 Å². The van der Waals surface area contributed by atoms with Crippen molar-refractivity contribution in [2.24, 2.45) is 0 Å². The fourth-order valence-corrected chi connectivity index (χ4v) is 3.59. The van der Waals surface area contributed by atoms with Gasteiger partial charge in [0, 0.05) is 11.7 Å². The Morgan fingerprint density at radius 1 is 1.10 bits per heavy atom. The van der Waals surface area contributed by atoms with E-state index in [1.54, 1.807) is 11.3 Å². The van der Waals surface area contributed by atoms with Gasteiger partial charge >= 0.3 is 0 Å². The van der Waals surface area contributed by atoms with Gasteiger partial charge in [-0.15, -0.1) is 11.3 Å². The van der Waals surface area contributed by atoms with Crippen molar-refractivity contribution in [2.75, 3.05) is 0 Å². The van der Waals surface area contributed by atoms with E-state index in [2.05, 4.69) is 40.0 Å². The first-order valence-electron chi connectivity index (χ1n) is 6.86. The van der Waals surface area contributed by atoms with E-state index in [1.807, 2.05) is 24.3 Å². The van der Waals surface area contributed by atoms with Gasteiger partial charge in [-0.3, -0.25) is 0 Å². The molecule has 2 heterocycles. The molecule has 104 valence electrons. The average Bonchev–Trinajstić information content (AvgIpc) is 3.10. The Hall–Kier alpha value is -2.17. The minimum atomic E-state index is 0.0823. The predicted molar refractivity (Wildman–Crippen MR) is 86.6 cm³/mol. The topological polar surface area (TPSA) is 38.0 Å². The predicted octanol–water partition coefficient (Wildman–Crippen LogP) is 3.79. The first-order chi connectivity index (χ1) is 10.3. The van der Waals surface area contributed by atoms with E-state index in [4.69, 9.17) is 0 Å². The highest BCUT2D eigenvalue weighted by molar-refractivity contribution is 7.18. The molecular formula is C17H14N2OS. The van der Waals surface area contributed by atoms with Crippen LogP contribution in [0, 0.1) is 0 Å². The number of nitrogens with zero attached hydrogens (tertiary/aromatic N) is 2. The third-order valence-electron chi connectivity index (χ3n) is 3.66. The second kappa shape index (κ2) is 4.98. The lowest BCUT2D eigenvalue weighted by molar-refractivity contribution is 0.282. The minimum absolute atomic E-state index is 0.0823. The molecule has 4 aromatic rings. The summed E-state index contributed by atoms with van der Waals surface area (Å²) in [4.78, 5) is 4.69. The van der Waals surface area contributed by atoms with E-state index in [0.717, 1.165) is 28.0 Å². The smallest absolute Gasteiger partial charge is 0.114 e. The zero-order valence-corrected chi connectivity index (χ0v) is 12.2. The SMILES string of the molecule is OCc1ccc2c(ccn2Cc2nc3ccccc3s2)c1. The maximum atomic E-state index is 9.20. The number of aliphatic hydroxyl groups excluding tert-OH is 1. The highest BCUT2D eigenvalue weighted by atomic mass is 32.1. The van der Waals surface area contributed by atoms with Gasteiger partial charge < -0.3 is 9.67 Å². The number of para-hydroxylation sites is 1. The quantitative estimate of drug-likeness (QED) is 0.624. The summed E-state index contributed by atoms with van der Waals surface area (Å²) in [5.41, 5.74) is 3.18. The number of thiazole rings is 1. The number of hydrogen-bond acceptors (Lipinski definition) is 3. The maximum Gasteiger partial charge on any atom is 0.114 e. The molecule has 0 unspecified atom stereocenters. The van der Waals surface area contributed by atoms with Crippen molar-refractivity contribution < 1.29 is 5.11 Å². The standard InChI is InChI=1S/C17H14N2OS/c20-11-12-5-6-15-13(9-12)7-8-19(15)10-17-18-14-3-1-2-4-16(14)21-17/h1-9,20H,10-11H2. The van der Waals surface area contributed by atoms with Gasteiger partial charge in [-0.2, -0.15) is 0 Å². The molecular weight excluding hydrogens is 280 g/mol. The van der Waals surface area contributed by atoms with Crippen molar-refractivity contribution in [3.63, 3.8) is 0 Å². The fraction of sp³-hybridized carbons (Fsp3) is 0.118. The van der Waals surface area contributed by atoms with Crippen LogP contribution in [0.5, 0.6) is 0 Å². The van der Waals surface area contributed by atoms with Crippen molar-refractivity contribution in [1.29, 1.82) is 0 Å². The Labute approximate surface area is 126 Å². The highest BCUT2D eigenvalue weighted by Crippen LogP contribution is 2.24. The van der Waals surface area contributed by atoms with E-state index in [-0.39, 0.29) is 6.61 Å². The second-order valence-electron chi connectivity index (χ2n) is 5.07. The summed E-state index contributed by atoms with van der Waals surface area (Å²) < 4.78 is 3.43. The normalized spacial score (nSPS) is 11.5. The van der Waals surface area contributed by atoms with Gasteiger partial charge in [0.1, 0.15) is 5.01 Å². The van der Waals surface area contributed by atoms with E-state index in [9.17, 15) is 5.11 Å². The fourth-order valence-electron chi connectivity index (χ4n) is 2.62. The summed E-state index contributed by atoms with van der Waals surface area (Å²) in [5, 5.41) is 11.5. The lowest BCUT2D eigenvalue weighted by atomic mass is 10.2. The average molecular weight is 294 g/mol. The van der Waals surface area contributed by atoms with Gasteiger partial charge in [0.05, 0.1) is 23.4 Å². The Kier molecular flexibility index (Phi) is 2.98. The van der Waals surface area contributed by atoms with Crippen molar-refractivity contribution in [3.8, 4) is 0 Å². The van der Waals surface area contributed by atoms with Crippen molar-refractivity contribution >= 4 is 32.5 Å². The van der Waals surface area contributed by atoms with Gasteiger partial charge in [-0.25, -0.2) is 4.98 Å². The molecule has 0 aliphatic carbocycles. The first-order valence-corrected chi connectivity index (χ1v) is 7.68. The molecule has 2 aromatic carbocycles. The third-order valence-corrected chi connectivity index (χ3v) is 4.68. The van der Waals surface area contributed by atoms with Gasteiger partial charge in [0.2, 0.25) is 0 Å². The lowest BCUT2D eigenvalue weighted by Gasteiger charge is -2.03. The van der Waals surface area contributed by atoms with Crippen molar-refractivity contribution in [2.45, 2.75) is 13.2 Å². The Morgan fingerprint density at radius 2 is 2.00 bits per heavy atom. The summed E-state index contributed by atoms with van der Waals surface area (Å²) in [6.45, 7) is 0.861. The molecule has 4 heteroatoms. The second-order valence-corrected chi connectivity index (χ2v) is 6.19.